The first-order valence-corrected chi connectivity index (χ1v) is 21.6. The van der Waals surface area contributed by atoms with Crippen LogP contribution < -0.4 is 9.80 Å². The summed E-state index contributed by atoms with van der Waals surface area (Å²) in [6.07, 6.45) is 0. The molecule has 2 heterocycles. The van der Waals surface area contributed by atoms with E-state index in [0.29, 0.717) is 0 Å². The van der Waals surface area contributed by atoms with Gasteiger partial charge in [0.05, 0.1) is 0 Å². The fraction of sp³-hybridized carbons (Fsp3) is 0.138. The molecule has 0 spiro atoms. The van der Waals surface area contributed by atoms with E-state index in [4.69, 9.17) is 8.83 Å². The van der Waals surface area contributed by atoms with Crippen LogP contribution in [0.4, 0.5) is 34.1 Å². The van der Waals surface area contributed by atoms with Crippen LogP contribution in [0.15, 0.2) is 154 Å². The lowest BCUT2D eigenvalue weighted by molar-refractivity contribution is 0.634. The van der Waals surface area contributed by atoms with E-state index in [1.54, 1.807) is 0 Å². The van der Waals surface area contributed by atoms with Crippen molar-refractivity contribution in [3.63, 3.8) is 0 Å². The van der Waals surface area contributed by atoms with E-state index in [2.05, 4.69) is 211 Å². The van der Waals surface area contributed by atoms with Gasteiger partial charge in [0.2, 0.25) is 0 Å². The highest BCUT2D eigenvalue weighted by Gasteiger charge is 2.21. The average molecular weight is 805 g/mol. The van der Waals surface area contributed by atoms with Crippen LogP contribution in [0.2, 0.25) is 0 Å². The number of benzene rings is 9. The number of hydrogen-bond donors (Lipinski definition) is 0. The maximum absolute atomic E-state index is 6.81. The van der Waals surface area contributed by atoms with Gasteiger partial charge in [-0.2, -0.15) is 0 Å². The van der Waals surface area contributed by atoms with Gasteiger partial charge >= 0.3 is 0 Å². The predicted octanol–water partition coefficient (Wildman–Crippen LogP) is 17.2. The third-order valence-corrected chi connectivity index (χ3v) is 13.5. The lowest BCUT2D eigenvalue weighted by Crippen LogP contribution is -2.12. The fourth-order valence-electron chi connectivity index (χ4n) is 9.57. The average Bonchev–Trinajstić information content (AvgIpc) is 3.81. The van der Waals surface area contributed by atoms with Gasteiger partial charge in [-0.3, -0.25) is 0 Å². The first-order valence-electron chi connectivity index (χ1n) is 21.6. The summed E-state index contributed by atoms with van der Waals surface area (Å²) in [6.45, 7) is 17.6. The number of nitrogens with zero attached hydrogens (tertiary/aromatic N) is 2. The minimum absolute atomic E-state index is 0.775. The van der Waals surface area contributed by atoms with E-state index in [-0.39, 0.29) is 0 Å². The normalized spacial score (nSPS) is 11.9. The zero-order valence-electron chi connectivity index (χ0n) is 36.6. The number of aryl methyl sites for hydroxylation is 6. The van der Waals surface area contributed by atoms with Crippen LogP contribution in [0.1, 0.15) is 44.5 Å². The van der Waals surface area contributed by atoms with E-state index in [1.165, 1.54) is 44.5 Å². The van der Waals surface area contributed by atoms with Gasteiger partial charge in [-0.05, 0) is 219 Å². The fourth-order valence-corrected chi connectivity index (χ4v) is 9.57. The van der Waals surface area contributed by atoms with Crippen LogP contribution in [-0.4, -0.2) is 0 Å². The second kappa shape index (κ2) is 14.1. The first-order chi connectivity index (χ1) is 30.0. The standard InChI is InChI=1S/C58H48N2O2/c1-33-13-9-11-15-53(33)59(47-23-35(3)39(7)36(4)24-47)45-19-17-41-29-51-49-21-22-50-52-30-42-18-20-46(28-44(42)32-56(52)62-58(50)57(49)61-55(51)31-43(41)27-45)60(54-16-12-10-14-34(54)2)48-25-37(5)40(8)38(6)26-48/h9-32H,1-8H3. The Morgan fingerprint density at radius 2 is 0.694 bits per heavy atom. The van der Waals surface area contributed by atoms with Gasteiger partial charge in [-0.1, -0.05) is 48.5 Å². The Kier molecular flexibility index (Phi) is 8.59. The summed E-state index contributed by atoms with van der Waals surface area (Å²) in [7, 11) is 0. The number of fused-ring (bicyclic) bond motifs is 9. The summed E-state index contributed by atoms with van der Waals surface area (Å²) < 4.78 is 13.6. The monoisotopic (exact) mass is 804 g/mol. The first kappa shape index (κ1) is 37.7. The van der Waals surface area contributed by atoms with Crippen molar-refractivity contribution in [1.82, 2.24) is 0 Å². The maximum Gasteiger partial charge on any atom is 0.178 e. The molecule has 0 N–H and O–H groups in total. The van der Waals surface area contributed by atoms with Gasteiger partial charge in [-0.15, -0.1) is 0 Å². The van der Waals surface area contributed by atoms with Crippen molar-refractivity contribution in [1.29, 1.82) is 0 Å². The molecule has 0 atom stereocenters. The number of anilines is 6. The highest BCUT2D eigenvalue weighted by Crippen LogP contribution is 2.45. The Morgan fingerprint density at radius 1 is 0.306 bits per heavy atom. The van der Waals surface area contributed by atoms with E-state index >= 15 is 0 Å². The summed E-state index contributed by atoms with van der Waals surface area (Å²) in [5.41, 5.74) is 20.3. The quantitative estimate of drug-likeness (QED) is 0.168. The van der Waals surface area contributed by atoms with Crippen LogP contribution in [0.25, 0.3) is 65.4 Å². The highest BCUT2D eigenvalue weighted by atomic mass is 16.4. The molecule has 0 fully saturated rings. The van der Waals surface area contributed by atoms with Gasteiger partial charge in [-0.25, -0.2) is 0 Å². The molecule has 0 amide bonds. The number of hydrogen-bond acceptors (Lipinski definition) is 4. The maximum atomic E-state index is 6.81. The third-order valence-electron chi connectivity index (χ3n) is 13.5. The molecule has 0 bridgehead atoms. The van der Waals surface area contributed by atoms with Gasteiger partial charge in [0.25, 0.3) is 0 Å². The van der Waals surface area contributed by atoms with Crippen molar-refractivity contribution < 1.29 is 8.83 Å². The van der Waals surface area contributed by atoms with Crippen molar-refractivity contribution in [2.24, 2.45) is 0 Å². The van der Waals surface area contributed by atoms with E-state index in [9.17, 15) is 0 Å². The van der Waals surface area contributed by atoms with Crippen molar-refractivity contribution in [3.8, 4) is 0 Å². The zero-order chi connectivity index (χ0) is 42.6. The molecule has 302 valence electrons. The van der Waals surface area contributed by atoms with Crippen LogP contribution in [-0.2, 0) is 0 Å². The lowest BCUT2D eigenvalue weighted by atomic mass is 10.0. The predicted molar refractivity (Wildman–Crippen MR) is 263 cm³/mol. The highest BCUT2D eigenvalue weighted by molar-refractivity contribution is 6.21. The molecular weight excluding hydrogens is 757 g/mol. The summed E-state index contributed by atoms with van der Waals surface area (Å²) in [5.74, 6) is 0. The molecule has 0 aliphatic heterocycles. The number of furan rings is 2. The van der Waals surface area contributed by atoms with Crippen molar-refractivity contribution in [3.05, 3.63) is 190 Å². The minimum Gasteiger partial charge on any atom is -0.452 e. The Bertz CT molecular complexity index is 3350. The Labute approximate surface area is 362 Å². The van der Waals surface area contributed by atoms with Gasteiger partial charge in [0, 0.05) is 55.7 Å². The second-order valence-electron chi connectivity index (χ2n) is 17.4. The Balaban J connectivity index is 1.04. The molecule has 0 aliphatic rings. The van der Waals surface area contributed by atoms with Crippen molar-refractivity contribution in [2.45, 2.75) is 55.4 Å². The van der Waals surface area contributed by atoms with Gasteiger partial charge in [0.1, 0.15) is 11.2 Å². The molecule has 0 radical (unpaired) electrons. The molecule has 62 heavy (non-hydrogen) atoms. The second-order valence-corrected chi connectivity index (χ2v) is 17.4. The van der Waals surface area contributed by atoms with Crippen LogP contribution >= 0.6 is 0 Å². The number of rotatable bonds is 6. The minimum atomic E-state index is 0.775. The lowest BCUT2D eigenvalue weighted by Gasteiger charge is -2.28. The van der Waals surface area contributed by atoms with Crippen molar-refractivity contribution in [2.75, 3.05) is 9.80 Å². The van der Waals surface area contributed by atoms with Crippen LogP contribution in [0, 0.1) is 55.4 Å². The molecule has 9 aromatic carbocycles. The van der Waals surface area contributed by atoms with Gasteiger partial charge in [0.15, 0.2) is 11.2 Å². The molecule has 0 unspecified atom stereocenters. The van der Waals surface area contributed by atoms with E-state index < -0.39 is 0 Å². The largest absolute Gasteiger partial charge is 0.452 e. The summed E-state index contributed by atoms with van der Waals surface area (Å²) in [4.78, 5) is 4.76. The molecule has 4 nitrogen and oxygen atoms in total. The molecular formula is C58H48N2O2. The van der Waals surface area contributed by atoms with E-state index in [0.717, 1.165) is 99.5 Å². The third kappa shape index (κ3) is 5.96. The topological polar surface area (TPSA) is 32.8 Å². The molecule has 0 saturated carbocycles. The molecule has 0 aliphatic carbocycles. The molecule has 11 aromatic rings. The van der Waals surface area contributed by atoms with E-state index in [1.807, 2.05) is 0 Å². The molecule has 0 saturated heterocycles. The summed E-state index contributed by atoms with van der Waals surface area (Å²) >= 11 is 0. The summed E-state index contributed by atoms with van der Waals surface area (Å²) in [5, 5.41) is 8.81. The number of para-hydroxylation sites is 2. The van der Waals surface area contributed by atoms with Gasteiger partial charge < -0.3 is 18.6 Å². The molecule has 4 heteroatoms. The Hall–Kier alpha value is -7.30. The Morgan fingerprint density at radius 3 is 1.08 bits per heavy atom. The zero-order valence-corrected chi connectivity index (χ0v) is 36.6. The molecule has 11 rings (SSSR count). The smallest absolute Gasteiger partial charge is 0.178 e. The van der Waals surface area contributed by atoms with Crippen molar-refractivity contribution >= 4 is 99.5 Å². The molecule has 2 aromatic heterocycles. The summed E-state index contributed by atoms with van der Waals surface area (Å²) in [6, 6.07) is 53.3. The van der Waals surface area contributed by atoms with Crippen LogP contribution in [0.3, 0.4) is 0 Å². The SMILES string of the molecule is Cc1ccccc1N(c1cc(C)c(C)c(C)c1)c1ccc2cc3c(cc2c1)oc1c3ccc2c3cc4ccc(N(c5cc(C)c(C)c(C)c5)c5ccccc5C)cc4cc3oc21. The van der Waals surface area contributed by atoms with Crippen LogP contribution in [0.5, 0.6) is 0 Å².